The second-order valence-corrected chi connectivity index (χ2v) is 5.16. The van der Waals surface area contributed by atoms with Gasteiger partial charge in [0.2, 0.25) is 0 Å². The minimum atomic E-state index is -0.738. The molecule has 5 nitrogen and oxygen atoms in total. The smallest absolute Gasteiger partial charge is 0.315 e. The Morgan fingerprint density at radius 2 is 2.04 bits per heavy atom. The van der Waals surface area contributed by atoms with E-state index in [2.05, 4.69) is 22.5 Å². The molecule has 0 fully saturated rings. The Balaban J connectivity index is 1.69. The number of urea groups is 1. The summed E-state index contributed by atoms with van der Waals surface area (Å²) in [6.45, 7) is 2.08. The second-order valence-electron chi connectivity index (χ2n) is 5.16. The molecule has 0 bridgehead atoms. The lowest BCUT2D eigenvalue weighted by atomic mass is 10.1. The Bertz CT molecular complexity index is 657. The van der Waals surface area contributed by atoms with E-state index in [4.69, 9.17) is 4.42 Å². The highest BCUT2D eigenvalue weighted by Crippen LogP contribution is 2.18. The van der Waals surface area contributed by atoms with Gasteiger partial charge in [0, 0.05) is 18.0 Å². The van der Waals surface area contributed by atoms with Crippen molar-refractivity contribution in [1.29, 1.82) is 0 Å². The van der Waals surface area contributed by atoms with Crippen LogP contribution in [0.1, 0.15) is 30.8 Å². The number of hydrogen-bond acceptors (Lipinski definition) is 3. The van der Waals surface area contributed by atoms with Crippen LogP contribution in [-0.4, -0.2) is 23.7 Å². The summed E-state index contributed by atoms with van der Waals surface area (Å²) in [7, 11) is 0. The summed E-state index contributed by atoms with van der Waals surface area (Å²) >= 11 is 0. The fourth-order valence-electron chi connectivity index (χ4n) is 2.06. The Kier molecular flexibility index (Phi) is 6.28. The van der Waals surface area contributed by atoms with Gasteiger partial charge in [0.15, 0.2) is 0 Å². The van der Waals surface area contributed by atoms with Crippen molar-refractivity contribution in [2.24, 2.45) is 0 Å². The van der Waals surface area contributed by atoms with Crippen molar-refractivity contribution < 1.29 is 14.3 Å². The number of nitrogens with one attached hydrogen (secondary N) is 2. The first-order valence-electron chi connectivity index (χ1n) is 7.45. The highest BCUT2D eigenvalue weighted by molar-refractivity contribution is 5.74. The van der Waals surface area contributed by atoms with Crippen molar-refractivity contribution >= 4 is 6.03 Å². The van der Waals surface area contributed by atoms with Gasteiger partial charge in [0.05, 0.1) is 12.8 Å². The van der Waals surface area contributed by atoms with Gasteiger partial charge in [-0.15, -0.1) is 0 Å². The molecule has 1 aromatic heterocycles. The minimum absolute atomic E-state index is 0.197. The molecule has 2 amide bonds. The molecule has 23 heavy (non-hydrogen) atoms. The van der Waals surface area contributed by atoms with Crippen LogP contribution in [0.2, 0.25) is 0 Å². The van der Waals surface area contributed by atoms with Gasteiger partial charge in [-0.2, -0.15) is 0 Å². The van der Waals surface area contributed by atoms with Gasteiger partial charge in [-0.1, -0.05) is 30.0 Å². The number of amides is 2. The van der Waals surface area contributed by atoms with Gasteiger partial charge in [0.25, 0.3) is 0 Å². The van der Waals surface area contributed by atoms with Crippen LogP contribution in [0, 0.1) is 11.8 Å². The highest BCUT2D eigenvalue weighted by Gasteiger charge is 2.15. The number of aliphatic hydroxyl groups excluding tert-OH is 1. The van der Waals surface area contributed by atoms with Gasteiger partial charge in [-0.05, 0) is 31.2 Å². The zero-order chi connectivity index (χ0) is 16.5. The Morgan fingerprint density at radius 1 is 1.26 bits per heavy atom. The first kappa shape index (κ1) is 16.7. The number of furan rings is 1. The molecule has 0 radical (unpaired) electrons. The van der Waals surface area contributed by atoms with Crippen LogP contribution in [0.5, 0.6) is 0 Å². The third kappa shape index (κ3) is 5.89. The normalized spacial score (nSPS) is 12.6. The number of benzene rings is 1. The van der Waals surface area contributed by atoms with Crippen LogP contribution in [-0.2, 0) is 0 Å². The predicted octanol–water partition coefficient (Wildman–Crippen LogP) is 2.44. The molecule has 0 saturated heterocycles. The Labute approximate surface area is 135 Å². The lowest BCUT2D eigenvalue weighted by molar-refractivity contribution is 0.129. The van der Waals surface area contributed by atoms with Gasteiger partial charge >= 0.3 is 6.03 Å². The lowest BCUT2D eigenvalue weighted by Crippen LogP contribution is -2.41. The van der Waals surface area contributed by atoms with Crippen molar-refractivity contribution in [2.75, 3.05) is 6.54 Å². The maximum atomic E-state index is 11.7. The third-order valence-electron chi connectivity index (χ3n) is 3.17. The molecular formula is C18H20N2O3. The summed E-state index contributed by atoms with van der Waals surface area (Å²) < 4.78 is 5.13. The Hall–Kier alpha value is -2.71. The first-order valence-corrected chi connectivity index (χ1v) is 7.45. The second kappa shape index (κ2) is 8.66. The van der Waals surface area contributed by atoms with Crippen LogP contribution in [0.15, 0.2) is 53.1 Å². The van der Waals surface area contributed by atoms with Crippen LogP contribution in [0.25, 0.3) is 0 Å². The van der Waals surface area contributed by atoms with Gasteiger partial charge in [0.1, 0.15) is 11.9 Å². The molecule has 2 rings (SSSR count). The molecule has 0 aliphatic rings. The lowest BCUT2D eigenvalue weighted by Gasteiger charge is -2.16. The molecule has 2 atom stereocenters. The van der Waals surface area contributed by atoms with E-state index in [1.165, 1.54) is 6.26 Å². The fourth-order valence-corrected chi connectivity index (χ4v) is 2.06. The van der Waals surface area contributed by atoms with Gasteiger partial charge in [-0.25, -0.2) is 4.79 Å². The van der Waals surface area contributed by atoms with Crippen LogP contribution < -0.4 is 10.6 Å². The molecule has 120 valence electrons. The van der Waals surface area contributed by atoms with E-state index in [0.717, 1.165) is 5.56 Å². The highest BCUT2D eigenvalue weighted by atomic mass is 16.4. The summed E-state index contributed by atoms with van der Waals surface area (Å²) in [5, 5.41) is 15.4. The quantitative estimate of drug-likeness (QED) is 0.742. The fraction of sp³-hybridized carbons (Fsp3) is 0.278. The molecule has 1 aromatic carbocycles. The van der Waals surface area contributed by atoms with Crippen LogP contribution in [0.4, 0.5) is 4.79 Å². The van der Waals surface area contributed by atoms with Crippen molar-refractivity contribution in [3.05, 3.63) is 60.1 Å². The first-order chi connectivity index (χ1) is 11.1. The van der Waals surface area contributed by atoms with Gasteiger partial charge in [-0.3, -0.25) is 0 Å². The van der Waals surface area contributed by atoms with E-state index in [1.807, 2.05) is 37.3 Å². The maximum Gasteiger partial charge on any atom is 0.315 e. The van der Waals surface area contributed by atoms with Gasteiger partial charge < -0.3 is 20.2 Å². The standard InChI is InChI=1S/C18H20N2O3/c1-14(13-16(21)17-10-6-12-23-17)20-18(22)19-11-5-9-15-7-3-2-4-8-15/h2-4,6-8,10,12,14,16,21H,11,13H2,1H3,(H2,19,20,22)/t14-,16+/m1/s1. The molecule has 5 heteroatoms. The van der Waals surface area contributed by atoms with E-state index in [9.17, 15) is 9.90 Å². The third-order valence-corrected chi connectivity index (χ3v) is 3.17. The molecule has 3 N–H and O–H groups in total. The van der Waals surface area contributed by atoms with Crippen molar-refractivity contribution in [3.63, 3.8) is 0 Å². The van der Waals surface area contributed by atoms with E-state index in [0.29, 0.717) is 12.2 Å². The van der Waals surface area contributed by atoms with E-state index in [1.54, 1.807) is 12.1 Å². The number of carbonyl (C=O) groups excluding carboxylic acids is 1. The minimum Gasteiger partial charge on any atom is -0.467 e. The average molecular weight is 312 g/mol. The number of aliphatic hydroxyl groups is 1. The summed E-state index contributed by atoms with van der Waals surface area (Å²) in [4.78, 5) is 11.7. The van der Waals surface area contributed by atoms with Crippen molar-refractivity contribution in [1.82, 2.24) is 10.6 Å². The SMILES string of the molecule is C[C@H](C[C@H](O)c1ccco1)NC(=O)NCC#Cc1ccccc1. The zero-order valence-corrected chi connectivity index (χ0v) is 13.0. The molecule has 0 aliphatic heterocycles. The zero-order valence-electron chi connectivity index (χ0n) is 13.0. The monoisotopic (exact) mass is 312 g/mol. The predicted molar refractivity (Wildman–Crippen MR) is 87.6 cm³/mol. The molecule has 0 saturated carbocycles. The summed E-state index contributed by atoms with van der Waals surface area (Å²) in [5.41, 5.74) is 0.907. The maximum absolute atomic E-state index is 11.7. The Morgan fingerprint density at radius 3 is 2.74 bits per heavy atom. The topological polar surface area (TPSA) is 74.5 Å². The van der Waals surface area contributed by atoms with E-state index < -0.39 is 6.10 Å². The molecule has 2 aromatic rings. The molecular weight excluding hydrogens is 292 g/mol. The molecule has 1 heterocycles. The van der Waals surface area contributed by atoms with Crippen LogP contribution >= 0.6 is 0 Å². The molecule has 0 unspecified atom stereocenters. The summed E-state index contributed by atoms with van der Waals surface area (Å²) in [5.74, 6) is 6.34. The van der Waals surface area contributed by atoms with Crippen molar-refractivity contribution in [2.45, 2.75) is 25.5 Å². The molecule has 0 aliphatic carbocycles. The van der Waals surface area contributed by atoms with Crippen molar-refractivity contribution in [3.8, 4) is 11.8 Å². The summed E-state index contributed by atoms with van der Waals surface area (Å²) in [6.07, 6.45) is 1.14. The largest absolute Gasteiger partial charge is 0.467 e. The number of rotatable bonds is 5. The van der Waals surface area contributed by atoms with Crippen LogP contribution in [0.3, 0.4) is 0 Å². The summed E-state index contributed by atoms with van der Waals surface area (Å²) in [6, 6.07) is 12.5. The van der Waals surface area contributed by atoms with E-state index in [-0.39, 0.29) is 18.6 Å². The number of carbonyl (C=O) groups is 1. The molecule has 0 spiro atoms. The van der Waals surface area contributed by atoms with E-state index >= 15 is 0 Å². The average Bonchev–Trinajstić information content (AvgIpc) is 3.07. The number of hydrogen-bond donors (Lipinski definition) is 3.